The molecule has 2 saturated heterocycles. The average molecular weight is 579 g/mol. The molecule has 8 rings (SSSR count). The monoisotopic (exact) mass is 577 g/mol. The van der Waals surface area contributed by atoms with Gasteiger partial charge in [-0.3, -0.25) is 0 Å². The second-order valence-corrected chi connectivity index (χ2v) is 12.4. The normalized spacial score (nSPS) is 23.9. The number of fused-ring (bicyclic) bond motifs is 2. The number of nitrogens with zero attached hydrogens (tertiary/aromatic N) is 2. The summed E-state index contributed by atoms with van der Waals surface area (Å²) >= 11 is 13.0. The summed E-state index contributed by atoms with van der Waals surface area (Å²) in [6.45, 7) is 0.394. The van der Waals surface area contributed by atoms with Gasteiger partial charge in [0.2, 0.25) is 0 Å². The number of carbonyl (C=O) groups excluding carboxylic acids is 1. The molecule has 208 valence electrons. The third-order valence-corrected chi connectivity index (χ3v) is 9.47. The maximum absolute atomic E-state index is 13.3. The van der Waals surface area contributed by atoms with Gasteiger partial charge in [-0.2, -0.15) is 0 Å². The second-order valence-electron chi connectivity index (χ2n) is 11.6. The number of aromatic nitrogens is 1. The minimum atomic E-state index is -0.0137. The fourth-order valence-electron chi connectivity index (χ4n) is 6.63. The maximum atomic E-state index is 13.3. The highest BCUT2D eigenvalue weighted by molar-refractivity contribution is 6.39. The van der Waals surface area contributed by atoms with E-state index in [9.17, 15) is 4.79 Å². The molecular weight excluding hydrogens is 545 g/mol. The molecule has 1 aromatic heterocycles. The molecule has 3 aliphatic carbocycles. The van der Waals surface area contributed by atoms with Crippen LogP contribution < -0.4 is 5.32 Å². The van der Waals surface area contributed by atoms with Crippen molar-refractivity contribution in [1.29, 1.82) is 0 Å². The predicted octanol–water partition coefficient (Wildman–Crippen LogP) is 8.84. The van der Waals surface area contributed by atoms with Crippen molar-refractivity contribution in [2.75, 3.05) is 5.32 Å². The quantitative estimate of drug-likeness (QED) is 0.304. The van der Waals surface area contributed by atoms with Crippen LogP contribution in [-0.4, -0.2) is 34.3 Å². The van der Waals surface area contributed by atoms with Crippen LogP contribution in [0.15, 0.2) is 53.1 Å². The molecule has 2 atom stereocenters. The lowest BCUT2D eigenvalue weighted by molar-refractivity contribution is -0.0837. The molecule has 0 radical (unpaired) electrons. The Balaban J connectivity index is 0.999. The lowest BCUT2D eigenvalue weighted by Gasteiger charge is -2.54. The first-order chi connectivity index (χ1) is 19.5. The van der Waals surface area contributed by atoms with Crippen LogP contribution in [0.3, 0.4) is 0 Å². The first kappa shape index (κ1) is 26.1. The van der Waals surface area contributed by atoms with Crippen LogP contribution in [0, 0.1) is 0 Å². The third kappa shape index (κ3) is 5.06. The number of hydrogen-bond acceptors (Lipinski definition) is 4. The number of amides is 2. The molecule has 2 unspecified atom stereocenters. The Bertz CT molecular complexity index is 1430. The van der Waals surface area contributed by atoms with E-state index in [-0.39, 0.29) is 24.2 Å². The first-order valence-corrected chi connectivity index (χ1v) is 15.2. The number of nitrogens with one attached hydrogen (secondary N) is 1. The van der Waals surface area contributed by atoms with Crippen molar-refractivity contribution in [2.45, 2.75) is 88.5 Å². The number of benzene rings is 2. The summed E-state index contributed by atoms with van der Waals surface area (Å²) in [5, 5.41) is 8.63. The Morgan fingerprint density at radius 2 is 1.82 bits per heavy atom. The smallest absolute Gasteiger partial charge is 0.322 e. The molecule has 3 aromatic rings. The minimum Gasteiger partial charge on any atom is -0.373 e. The third-order valence-electron chi connectivity index (χ3n) is 8.84. The zero-order valence-corrected chi connectivity index (χ0v) is 23.9. The summed E-state index contributed by atoms with van der Waals surface area (Å²) in [6, 6.07) is 14.1. The number of halogens is 2. The largest absolute Gasteiger partial charge is 0.373 e. The molecule has 1 N–H and O–H groups in total. The van der Waals surface area contributed by atoms with Gasteiger partial charge in [-0.1, -0.05) is 52.6 Å². The molecule has 40 heavy (non-hydrogen) atoms. The molecule has 6 nitrogen and oxygen atoms in total. The molecule has 0 spiro atoms. The Morgan fingerprint density at radius 1 is 1.05 bits per heavy atom. The first-order valence-electron chi connectivity index (χ1n) is 14.5. The Hall–Kier alpha value is -2.80. The summed E-state index contributed by atoms with van der Waals surface area (Å²) in [6.07, 6.45) is 12.0. The van der Waals surface area contributed by atoms with Crippen molar-refractivity contribution in [3.05, 3.63) is 75.5 Å². The molecule has 3 heterocycles. The number of rotatable bonds is 7. The number of urea groups is 1. The fourth-order valence-corrected chi connectivity index (χ4v) is 7.20. The van der Waals surface area contributed by atoms with Crippen LogP contribution in [0.4, 0.5) is 10.5 Å². The number of piperidine rings is 1. The lowest BCUT2D eigenvalue weighted by atomic mass is 9.78. The Labute approximate surface area is 244 Å². The number of anilines is 1. The van der Waals surface area contributed by atoms with E-state index in [1.54, 1.807) is 0 Å². The summed E-state index contributed by atoms with van der Waals surface area (Å²) in [5.41, 5.74) is 5.77. The number of allylic oxidation sites excluding steroid dienone is 2. The van der Waals surface area contributed by atoms with E-state index in [1.807, 2.05) is 35.2 Å². The van der Waals surface area contributed by atoms with Crippen LogP contribution >= 0.6 is 23.2 Å². The van der Waals surface area contributed by atoms with Gasteiger partial charge in [0.05, 0.1) is 22.8 Å². The SMILES string of the molecule is O=C(Nc1cccc(C2=CCCCC2)c1)N1C2CC(OCc3c(-c4c(Cl)cccc4Cl)noc3C3CC3)CC1C2. The number of carbonyl (C=O) groups is 1. The average Bonchev–Trinajstić information content (AvgIpc) is 3.72. The molecule has 2 bridgehead atoms. The second kappa shape index (κ2) is 10.9. The van der Waals surface area contributed by atoms with Gasteiger partial charge in [0.15, 0.2) is 0 Å². The predicted molar refractivity (Wildman–Crippen MR) is 158 cm³/mol. The zero-order chi connectivity index (χ0) is 27.2. The van der Waals surface area contributed by atoms with Gasteiger partial charge in [0.1, 0.15) is 11.5 Å². The Morgan fingerprint density at radius 3 is 2.55 bits per heavy atom. The van der Waals surface area contributed by atoms with Crippen LogP contribution in [0.5, 0.6) is 0 Å². The van der Waals surface area contributed by atoms with E-state index in [0.717, 1.165) is 62.0 Å². The van der Waals surface area contributed by atoms with E-state index < -0.39 is 0 Å². The van der Waals surface area contributed by atoms with Gasteiger partial charge < -0.3 is 19.5 Å². The molecule has 4 fully saturated rings. The van der Waals surface area contributed by atoms with Crippen molar-refractivity contribution in [1.82, 2.24) is 10.1 Å². The van der Waals surface area contributed by atoms with E-state index >= 15 is 0 Å². The van der Waals surface area contributed by atoms with Gasteiger partial charge in [-0.05, 0) is 93.2 Å². The van der Waals surface area contributed by atoms with E-state index in [0.29, 0.717) is 33.8 Å². The van der Waals surface area contributed by atoms with Gasteiger partial charge in [0, 0.05) is 34.8 Å². The van der Waals surface area contributed by atoms with Crippen molar-refractivity contribution in [2.24, 2.45) is 0 Å². The summed E-state index contributed by atoms with van der Waals surface area (Å²) in [7, 11) is 0. The van der Waals surface area contributed by atoms with Crippen LogP contribution in [0.25, 0.3) is 16.8 Å². The minimum absolute atomic E-state index is 0.0137. The summed E-state index contributed by atoms with van der Waals surface area (Å²) in [5.74, 6) is 1.27. The fraction of sp³-hybridized carbons (Fsp3) is 0.438. The van der Waals surface area contributed by atoms with Crippen molar-refractivity contribution < 1.29 is 14.1 Å². The van der Waals surface area contributed by atoms with Crippen LogP contribution in [0.1, 0.15) is 80.6 Å². The molecule has 2 aromatic carbocycles. The van der Waals surface area contributed by atoms with Crippen LogP contribution in [-0.2, 0) is 11.3 Å². The van der Waals surface area contributed by atoms with Gasteiger partial charge in [0.25, 0.3) is 0 Å². The highest BCUT2D eigenvalue weighted by atomic mass is 35.5. The zero-order valence-electron chi connectivity index (χ0n) is 22.4. The summed E-state index contributed by atoms with van der Waals surface area (Å²) in [4.78, 5) is 15.3. The number of ether oxygens (including phenoxy) is 1. The number of hydrogen-bond donors (Lipinski definition) is 1. The molecule has 8 heteroatoms. The molecule has 2 amide bonds. The van der Waals surface area contributed by atoms with Gasteiger partial charge >= 0.3 is 6.03 Å². The highest BCUT2D eigenvalue weighted by Crippen LogP contribution is 2.47. The topological polar surface area (TPSA) is 67.6 Å². The van der Waals surface area contributed by atoms with Crippen LogP contribution in [0.2, 0.25) is 10.0 Å². The van der Waals surface area contributed by atoms with E-state index in [1.165, 1.54) is 24.0 Å². The molecule has 5 aliphatic rings. The van der Waals surface area contributed by atoms with E-state index in [2.05, 4.69) is 28.7 Å². The van der Waals surface area contributed by atoms with Crippen molar-refractivity contribution >= 4 is 40.5 Å². The molecule has 2 saturated carbocycles. The maximum Gasteiger partial charge on any atom is 0.322 e. The van der Waals surface area contributed by atoms with Crippen molar-refractivity contribution in [3.8, 4) is 11.3 Å². The molecular formula is C32H33Cl2N3O3. The van der Waals surface area contributed by atoms with Gasteiger partial charge in [-0.25, -0.2) is 4.79 Å². The lowest BCUT2D eigenvalue weighted by Crippen LogP contribution is -2.65. The standard InChI is InChI=1S/C32H33Cl2N3O3/c33-27-10-5-11-28(34)29(27)30-26(31(40-36-30)20-12-13-20)18-39-25-16-23-15-24(17-25)37(23)32(38)35-22-9-4-8-21(14-22)19-6-2-1-3-7-19/h4-6,8-11,14,20,23-25H,1-3,7,12-13,15-18H2,(H,35,38). The van der Waals surface area contributed by atoms with Gasteiger partial charge in [-0.15, -0.1) is 0 Å². The highest BCUT2D eigenvalue weighted by Gasteiger charge is 2.48. The van der Waals surface area contributed by atoms with Crippen molar-refractivity contribution in [3.63, 3.8) is 0 Å². The molecule has 2 aliphatic heterocycles. The van der Waals surface area contributed by atoms with E-state index in [4.69, 9.17) is 32.5 Å². The summed E-state index contributed by atoms with van der Waals surface area (Å²) < 4.78 is 12.3. The Kier molecular flexibility index (Phi) is 7.11.